The maximum Gasteiger partial charge on any atom is 0.315 e. The van der Waals surface area contributed by atoms with E-state index in [-0.39, 0.29) is 12.4 Å². The van der Waals surface area contributed by atoms with Crippen molar-refractivity contribution >= 4 is 28.3 Å². The highest BCUT2D eigenvalue weighted by molar-refractivity contribution is 9.10. The summed E-state index contributed by atoms with van der Waals surface area (Å²) in [5.74, 6) is 0. The summed E-state index contributed by atoms with van der Waals surface area (Å²) in [6, 6.07) is -1.12. The molecule has 2 N–H and O–H groups in total. The molecule has 0 aliphatic heterocycles. The minimum absolute atomic E-state index is 0. The minimum atomic E-state index is -2.91. The lowest BCUT2D eigenvalue weighted by atomic mass is 10.4. The summed E-state index contributed by atoms with van der Waals surface area (Å²) >= 11 is 2.08. The molecule has 0 fully saturated rings. The molecule has 1 unspecified atom stereocenters. The summed E-state index contributed by atoms with van der Waals surface area (Å²) < 4.78 is 23.3. The second kappa shape index (κ2) is 3.58. The monoisotopic (exact) mass is 209 g/mol. The van der Waals surface area contributed by atoms with Crippen molar-refractivity contribution in [3.63, 3.8) is 0 Å². The summed E-state index contributed by atoms with van der Waals surface area (Å²) in [5, 5.41) is 0. The van der Waals surface area contributed by atoms with Crippen LogP contribution in [0.5, 0.6) is 0 Å². The Kier molecular flexibility index (Phi) is 5.10. The van der Waals surface area contributed by atoms with E-state index >= 15 is 0 Å². The van der Waals surface area contributed by atoms with Gasteiger partial charge in [0.25, 0.3) is 0 Å². The van der Waals surface area contributed by atoms with E-state index in [4.69, 9.17) is 5.73 Å². The number of nitrogens with two attached hydrogens (primary N) is 1. The van der Waals surface area contributed by atoms with Gasteiger partial charge in [-0.3, -0.25) is 0 Å². The highest BCUT2D eigenvalue weighted by Crippen LogP contribution is 2.23. The number of hydrogen-bond acceptors (Lipinski definition) is 1. The topological polar surface area (TPSA) is 26.0 Å². The van der Waals surface area contributed by atoms with E-state index in [0.717, 1.165) is 0 Å². The molecule has 0 rings (SSSR count). The van der Waals surface area contributed by atoms with Crippen LogP contribution in [0.4, 0.5) is 8.78 Å². The van der Waals surface area contributed by atoms with Crippen molar-refractivity contribution < 1.29 is 8.78 Å². The first kappa shape index (κ1) is 11.4. The third-order valence-electron chi connectivity index (χ3n) is 0.516. The lowest BCUT2D eigenvalue weighted by molar-refractivity contribution is 0.0902. The lowest BCUT2D eigenvalue weighted by Gasteiger charge is -2.10. The maximum absolute atomic E-state index is 11.6. The summed E-state index contributed by atoms with van der Waals surface area (Å²) in [6.45, 7) is 1.23. The summed E-state index contributed by atoms with van der Waals surface area (Å²) in [6.07, 6.45) is 0. The first-order valence-corrected chi connectivity index (χ1v) is 2.56. The van der Waals surface area contributed by atoms with E-state index in [1.165, 1.54) is 6.92 Å². The molecule has 8 heavy (non-hydrogen) atoms. The molecular weight excluding hydrogens is 203 g/mol. The quantitative estimate of drug-likeness (QED) is 0.656. The third-order valence-corrected chi connectivity index (χ3v) is 1.24. The second-order valence-corrected chi connectivity index (χ2v) is 2.39. The van der Waals surface area contributed by atoms with Crippen molar-refractivity contribution in [1.29, 1.82) is 0 Å². The molecule has 5 heteroatoms. The molecule has 1 nitrogen and oxygen atoms in total. The fourth-order valence-electron chi connectivity index (χ4n) is 0. The lowest BCUT2D eigenvalue weighted by Crippen LogP contribution is -2.32. The first-order valence-electron chi connectivity index (χ1n) is 1.77. The highest BCUT2D eigenvalue weighted by Gasteiger charge is 2.28. The SMILES string of the molecule is CC(N)C(F)(F)Br.Cl. The Balaban J connectivity index is 0. The van der Waals surface area contributed by atoms with E-state index < -0.39 is 10.9 Å². The van der Waals surface area contributed by atoms with Crippen LogP contribution in [0, 0.1) is 0 Å². The third kappa shape index (κ3) is 4.74. The molecule has 0 bridgehead atoms. The summed E-state index contributed by atoms with van der Waals surface area (Å²) in [5.41, 5.74) is 4.77. The second-order valence-electron chi connectivity index (χ2n) is 1.33. The molecule has 0 heterocycles. The zero-order valence-electron chi connectivity index (χ0n) is 4.20. The van der Waals surface area contributed by atoms with Gasteiger partial charge in [-0.1, -0.05) is 0 Å². The van der Waals surface area contributed by atoms with E-state index in [0.29, 0.717) is 0 Å². The molecule has 0 spiro atoms. The van der Waals surface area contributed by atoms with Crippen LogP contribution in [0.25, 0.3) is 0 Å². The van der Waals surface area contributed by atoms with Crippen LogP contribution >= 0.6 is 28.3 Å². The van der Waals surface area contributed by atoms with Gasteiger partial charge in [0, 0.05) is 0 Å². The van der Waals surface area contributed by atoms with Crippen molar-refractivity contribution in [2.24, 2.45) is 5.73 Å². The van der Waals surface area contributed by atoms with Crippen LogP contribution in [-0.4, -0.2) is 10.9 Å². The van der Waals surface area contributed by atoms with E-state index in [1.54, 1.807) is 0 Å². The van der Waals surface area contributed by atoms with Gasteiger partial charge >= 0.3 is 4.83 Å². The van der Waals surface area contributed by atoms with Crippen molar-refractivity contribution in [3.8, 4) is 0 Å². The minimum Gasteiger partial charge on any atom is -0.322 e. The van der Waals surface area contributed by atoms with Gasteiger partial charge in [-0.25, -0.2) is 0 Å². The number of rotatable bonds is 1. The van der Waals surface area contributed by atoms with Crippen LogP contribution in [0.2, 0.25) is 0 Å². The van der Waals surface area contributed by atoms with Crippen LogP contribution in [-0.2, 0) is 0 Å². The maximum atomic E-state index is 11.6. The standard InChI is InChI=1S/C3H6BrF2N.ClH/c1-2(7)3(4,5)6;/h2H,7H2,1H3;1H. The van der Waals surface area contributed by atoms with Gasteiger partial charge in [-0.2, -0.15) is 8.78 Å². The van der Waals surface area contributed by atoms with Crippen LogP contribution < -0.4 is 5.73 Å². The van der Waals surface area contributed by atoms with Crippen molar-refractivity contribution in [3.05, 3.63) is 0 Å². The van der Waals surface area contributed by atoms with Gasteiger partial charge in [0.15, 0.2) is 0 Å². The molecule has 1 atom stereocenters. The fourth-order valence-corrected chi connectivity index (χ4v) is 0. The van der Waals surface area contributed by atoms with Gasteiger partial charge in [0.1, 0.15) is 0 Å². The predicted molar refractivity (Wildman–Crippen MR) is 34.8 cm³/mol. The molecule has 0 aliphatic carbocycles. The molecular formula is C3H7BrClF2N. The summed E-state index contributed by atoms with van der Waals surface area (Å²) in [4.78, 5) is -2.91. The Morgan fingerprint density at radius 3 is 1.75 bits per heavy atom. The zero-order valence-corrected chi connectivity index (χ0v) is 6.60. The van der Waals surface area contributed by atoms with Gasteiger partial charge in [-0.05, 0) is 22.9 Å². The van der Waals surface area contributed by atoms with Crippen molar-refractivity contribution in [1.82, 2.24) is 0 Å². The average Bonchev–Trinajstić information content (AvgIpc) is 1.31. The van der Waals surface area contributed by atoms with E-state index in [9.17, 15) is 8.78 Å². The largest absolute Gasteiger partial charge is 0.322 e. The molecule has 0 radical (unpaired) electrons. The van der Waals surface area contributed by atoms with Gasteiger partial charge in [0.05, 0.1) is 6.04 Å². The fraction of sp³-hybridized carbons (Fsp3) is 1.00. The number of alkyl halides is 3. The van der Waals surface area contributed by atoms with Crippen molar-refractivity contribution in [2.45, 2.75) is 17.8 Å². The van der Waals surface area contributed by atoms with Gasteiger partial charge in [0.2, 0.25) is 0 Å². The van der Waals surface area contributed by atoms with E-state index in [2.05, 4.69) is 15.9 Å². The molecule has 0 aromatic rings. The molecule has 0 aromatic heterocycles. The molecule has 52 valence electrons. The smallest absolute Gasteiger partial charge is 0.315 e. The van der Waals surface area contributed by atoms with Gasteiger partial charge < -0.3 is 5.73 Å². The molecule has 0 aliphatic rings. The van der Waals surface area contributed by atoms with Crippen molar-refractivity contribution in [2.75, 3.05) is 0 Å². The molecule has 0 saturated heterocycles. The van der Waals surface area contributed by atoms with Crippen LogP contribution in [0.3, 0.4) is 0 Å². The highest BCUT2D eigenvalue weighted by atomic mass is 79.9. The Hall–Kier alpha value is 0.590. The average molecular weight is 210 g/mol. The molecule has 0 amide bonds. The Morgan fingerprint density at radius 2 is 1.75 bits per heavy atom. The summed E-state index contributed by atoms with van der Waals surface area (Å²) in [7, 11) is 0. The van der Waals surface area contributed by atoms with Crippen LogP contribution in [0.1, 0.15) is 6.92 Å². The molecule has 0 aromatic carbocycles. The Bertz CT molecular complexity index is 62.8. The van der Waals surface area contributed by atoms with E-state index in [1.807, 2.05) is 0 Å². The number of hydrogen-bond donors (Lipinski definition) is 1. The predicted octanol–water partition coefficient (Wildman–Crippen LogP) is 1.74. The van der Waals surface area contributed by atoms with Gasteiger partial charge in [-0.15, -0.1) is 12.4 Å². The molecule has 0 saturated carbocycles. The Labute approximate surface area is 61.2 Å². The zero-order chi connectivity index (χ0) is 6.08. The Morgan fingerprint density at radius 1 is 1.62 bits per heavy atom. The van der Waals surface area contributed by atoms with Crippen LogP contribution in [0.15, 0.2) is 0 Å². The first-order chi connectivity index (χ1) is 2.94. The normalized spacial score (nSPS) is 14.6. The number of halogens is 4.